The molecule has 0 spiro atoms. The molecular weight excluding hydrogens is 260 g/mol. The monoisotopic (exact) mass is 282 g/mol. The molecule has 2 aromatic rings. The van der Waals surface area contributed by atoms with Crippen molar-refractivity contribution in [2.75, 3.05) is 0 Å². The van der Waals surface area contributed by atoms with E-state index in [4.69, 9.17) is 4.74 Å². The average molecular weight is 282 g/mol. The molecule has 0 bridgehead atoms. The Kier molecular flexibility index (Phi) is 3.98. The maximum Gasteiger partial charge on any atom is 0.120 e. The van der Waals surface area contributed by atoms with Crippen LogP contribution < -0.4 is 4.74 Å². The number of hydrogen-bond acceptors (Lipinski definition) is 2. The predicted octanol–water partition coefficient (Wildman–Crippen LogP) is 4.26. The number of rotatable bonds is 6. The maximum absolute atomic E-state index is 11.3. The Morgan fingerprint density at radius 3 is 2.43 bits per heavy atom. The summed E-state index contributed by atoms with van der Waals surface area (Å²) in [6, 6.07) is 17.8. The molecule has 0 amide bonds. The van der Waals surface area contributed by atoms with Crippen LogP contribution in [0.25, 0.3) is 0 Å². The minimum absolute atomic E-state index is 0.372. The highest BCUT2D eigenvalue weighted by molar-refractivity contribution is 5.40. The second-order valence-electron chi connectivity index (χ2n) is 5.82. The summed E-state index contributed by atoms with van der Waals surface area (Å²) in [4.78, 5) is 0. The fourth-order valence-electron chi connectivity index (χ4n) is 2.74. The van der Waals surface area contributed by atoms with Gasteiger partial charge in [-0.05, 0) is 42.5 Å². The summed E-state index contributed by atoms with van der Waals surface area (Å²) in [5.74, 6) is 0.862. The van der Waals surface area contributed by atoms with Gasteiger partial charge < -0.3 is 9.84 Å². The Balaban J connectivity index is 1.96. The molecule has 0 radical (unpaired) electrons. The summed E-state index contributed by atoms with van der Waals surface area (Å²) in [6.45, 7) is 2.10. The van der Waals surface area contributed by atoms with Gasteiger partial charge in [-0.1, -0.05) is 55.8 Å². The van der Waals surface area contributed by atoms with E-state index < -0.39 is 5.60 Å². The van der Waals surface area contributed by atoms with Crippen molar-refractivity contribution < 1.29 is 9.84 Å². The quantitative estimate of drug-likeness (QED) is 0.857. The lowest BCUT2D eigenvalue weighted by Gasteiger charge is -2.29. The fraction of sp³-hybridized carbons (Fsp3) is 0.368. The van der Waals surface area contributed by atoms with Gasteiger partial charge in [-0.3, -0.25) is 0 Å². The van der Waals surface area contributed by atoms with Crippen molar-refractivity contribution in [1.82, 2.24) is 0 Å². The Bertz CT molecular complexity index is 590. The molecule has 3 rings (SSSR count). The van der Waals surface area contributed by atoms with Crippen LogP contribution in [-0.4, -0.2) is 11.2 Å². The summed E-state index contributed by atoms with van der Waals surface area (Å²) >= 11 is 0. The lowest BCUT2D eigenvalue weighted by atomic mass is 9.83. The van der Waals surface area contributed by atoms with E-state index in [-0.39, 0.29) is 0 Å². The fourth-order valence-corrected chi connectivity index (χ4v) is 2.74. The van der Waals surface area contributed by atoms with E-state index in [2.05, 4.69) is 6.92 Å². The molecule has 110 valence electrons. The highest BCUT2D eigenvalue weighted by atomic mass is 16.5. The first kappa shape index (κ1) is 14.2. The van der Waals surface area contributed by atoms with Crippen LogP contribution in [0.5, 0.6) is 5.75 Å². The van der Waals surface area contributed by atoms with Gasteiger partial charge in [0.05, 0.1) is 6.10 Å². The third-order valence-corrected chi connectivity index (χ3v) is 4.00. The lowest BCUT2D eigenvalue weighted by Crippen LogP contribution is -2.27. The van der Waals surface area contributed by atoms with Gasteiger partial charge in [0.15, 0.2) is 0 Å². The van der Waals surface area contributed by atoms with Gasteiger partial charge in [0.1, 0.15) is 11.4 Å². The molecule has 1 unspecified atom stereocenters. The Morgan fingerprint density at radius 2 is 1.76 bits per heavy atom. The molecule has 2 heteroatoms. The molecule has 1 aliphatic carbocycles. The lowest BCUT2D eigenvalue weighted by molar-refractivity contribution is 0.0698. The first-order valence-electron chi connectivity index (χ1n) is 7.77. The van der Waals surface area contributed by atoms with E-state index in [1.165, 1.54) is 0 Å². The third kappa shape index (κ3) is 3.11. The molecule has 2 nitrogen and oxygen atoms in total. The van der Waals surface area contributed by atoms with Crippen LogP contribution in [0.3, 0.4) is 0 Å². The van der Waals surface area contributed by atoms with Gasteiger partial charge in [-0.25, -0.2) is 0 Å². The van der Waals surface area contributed by atoms with Crippen LogP contribution in [0.4, 0.5) is 0 Å². The smallest absolute Gasteiger partial charge is 0.120 e. The van der Waals surface area contributed by atoms with Crippen LogP contribution in [0.15, 0.2) is 54.6 Å². The van der Waals surface area contributed by atoms with E-state index >= 15 is 0 Å². The number of ether oxygens (including phenoxy) is 1. The topological polar surface area (TPSA) is 29.5 Å². The van der Waals surface area contributed by atoms with Crippen molar-refractivity contribution in [3.05, 3.63) is 65.7 Å². The van der Waals surface area contributed by atoms with Crippen molar-refractivity contribution in [3.63, 3.8) is 0 Å². The number of benzene rings is 2. The molecule has 1 aliphatic rings. The van der Waals surface area contributed by atoms with Crippen LogP contribution in [0, 0.1) is 0 Å². The normalized spacial score (nSPS) is 17.2. The zero-order valence-electron chi connectivity index (χ0n) is 12.5. The molecular formula is C19H22O2. The average Bonchev–Trinajstić information content (AvgIpc) is 3.32. The summed E-state index contributed by atoms with van der Waals surface area (Å²) < 4.78 is 5.86. The largest absolute Gasteiger partial charge is 0.490 e. The van der Waals surface area contributed by atoms with Gasteiger partial charge in [0.2, 0.25) is 0 Å². The van der Waals surface area contributed by atoms with Crippen molar-refractivity contribution in [2.45, 2.75) is 44.3 Å². The summed E-state index contributed by atoms with van der Waals surface area (Å²) in [6.07, 6.45) is 4.27. The van der Waals surface area contributed by atoms with Gasteiger partial charge in [-0.2, -0.15) is 0 Å². The van der Waals surface area contributed by atoms with Crippen LogP contribution in [0.1, 0.15) is 43.7 Å². The van der Waals surface area contributed by atoms with Gasteiger partial charge >= 0.3 is 0 Å². The molecule has 0 aromatic heterocycles. The first-order valence-corrected chi connectivity index (χ1v) is 7.77. The number of aliphatic hydroxyl groups is 1. The molecule has 1 atom stereocenters. The third-order valence-electron chi connectivity index (χ3n) is 4.00. The molecule has 21 heavy (non-hydrogen) atoms. The van der Waals surface area contributed by atoms with E-state index in [9.17, 15) is 5.11 Å². The minimum atomic E-state index is -0.946. The second-order valence-corrected chi connectivity index (χ2v) is 5.82. The number of hydrogen-bond donors (Lipinski definition) is 1. The summed E-state index contributed by atoms with van der Waals surface area (Å²) in [7, 11) is 0. The molecule has 2 aromatic carbocycles. The molecule has 1 saturated carbocycles. The Hall–Kier alpha value is -1.80. The maximum atomic E-state index is 11.3. The van der Waals surface area contributed by atoms with Gasteiger partial charge in [0.25, 0.3) is 0 Å². The highest BCUT2D eigenvalue weighted by Crippen LogP contribution is 2.36. The zero-order valence-corrected chi connectivity index (χ0v) is 12.5. The Labute approximate surface area is 126 Å². The van der Waals surface area contributed by atoms with Crippen molar-refractivity contribution in [1.29, 1.82) is 0 Å². The van der Waals surface area contributed by atoms with E-state index in [1.807, 2.05) is 54.6 Å². The highest BCUT2D eigenvalue weighted by Gasteiger charge is 2.31. The van der Waals surface area contributed by atoms with E-state index in [0.29, 0.717) is 12.5 Å². The summed E-state index contributed by atoms with van der Waals surface area (Å²) in [5.41, 5.74) is 0.906. The van der Waals surface area contributed by atoms with Crippen LogP contribution in [-0.2, 0) is 5.60 Å². The zero-order chi connectivity index (χ0) is 14.7. The minimum Gasteiger partial charge on any atom is -0.490 e. The SMILES string of the molecule is CCCC(O)(c1ccccc1)c1cccc(OC2CC2)c1. The first-order chi connectivity index (χ1) is 10.2. The molecule has 0 saturated heterocycles. The van der Waals surface area contributed by atoms with Gasteiger partial charge in [0, 0.05) is 0 Å². The van der Waals surface area contributed by atoms with Crippen LogP contribution in [0.2, 0.25) is 0 Å². The Morgan fingerprint density at radius 1 is 1.05 bits per heavy atom. The van der Waals surface area contributed by atoms with Crippen molar-refractivity contribution >= 4 is 0 Å². The standard InChI is InChI=1S/C19H22O2/c1-2-13-19(20,15-7-4-3-5-8-15)16-9-6-10-18(14-16)21-17-11-12-17/h3-10,14,17,20H,2,11-13H2,1H3. The second kappa shape index (κ2) is 5.90. The van der Waals surface area contributed by atoms with Crippen molar-refractivity contribution in [3.8, 4) is 5.75 Å². The van der Waals surface area contributed by atoms with E-state index in [1.54, 1.807) is 0 Å². The van der Waals surface area contributed by atoms with E-state index in [0.717, 1.165) is 36.1 Å². The predicted molar refractivity (Wildman–Crippen MR) is 84.4 cm³/mol. The molecule has 0 aliphatic heterocycles. The molecule has 0 heterocycles. The van der Waals surface area contributed by atoms with Crippen molar-refractivity contribution in [2.24, 2.45) is 0 Å². The molecule has 1 fully saturated rings. The van der Waals surface area contributed by atoms with Crippen LogP contribution >= 0.6 is 0 Å². The molecule has 1 N–H and O–H groups in total. The summed E-state index contributed by atoms with van der Waals surface area (Å²) in [5, 5.41) is 11.3. The van der Waals surface area contributed by atoms with Gasteiger partial charge in [-0.15, -0.1) is 0 Å².